The van der Waals surface area contributed by atoms with Crippen LogP contribution in [0.25, 0.3) is 11.0 Å². The summed E-state index contributed by atoms with van der Waals surface area (Å²) in [5.41, 5.74) is 10.0. The molecule has 0 unspecified atom stereocenters. The van der Waals surface area contributed by atoms with Gasteiger partial charge in [-0.3, -0.25) is 9.88 Å². The van der Waals surface area contributed by atoms with Crippen LogP contribution in [-0.2, 0) is 6.42 Å². The Hall–Kier alpha value is -3.22. The van der Waals surface area contributed by atoms with Crippen LogP contribution < -0.4 is 20.5 Å². The maximum absolute atomic E-state index is 6.07. The van der Waals surface area contributed by atoms with E-state index in [0.717, 1.165) is 40.1 Å². The Morgan fingerprint density at radius 2 is 2.19 bits per heavy atom. The Morgan fingerprint density at radius 1 is 1.33 bits per heavy atom. The van der Waals surface area contributed by atoms with Gasteiger partial charge in [0, 0.05) is 17.5 Å². The Morgan fingerprint density at radius 3 is 3.04 bits per heavy atom. The van der Waals surface area contributed by atoms with E-state index < -0.39 is 0 Å². The van der Waals surface area contributed by atoms with Gasteiger partial charge in [-0.15, -0.1) is 0 Å². The quantitative estimate of drug-likeness (QED) is 0.747. The highest BCUT2D eigenvalue weighted by Crippen LogP contribution is 2.41. The molecule has 0 spiro atoms. The molecule has 138 valence electrons. The number of aliphatic imine (C=N–C) groups is 1. The lowest BCUT2D eigenvalue weighted by Gasteiger charge is -2.25. The van der Waals surface area contributed by atoms with Gasteiger partial charge in [0.25, 0.3) is 0 Å². The van der Waals surface area contributed by atoms with E-state index in [1.54, 1.807) is 0 Å². The Balaban J connectivity index is 1.73. The summed E-state index contributed by atoms with van der Waals surface area (Å²) in [5, 5.41) is 3.07. The van der Waals surface area contributed by atoms with Crippen molar-refractivity contribution in [3.8, 4) is 11.5 Å². The molecule has 0 aliphatic carbocycles. The molecular formula is C20H21N5O2. The summed E-state index contributed by atoms with van der Waals surface area (Å²) in [4.78, 5) is 9.33. The van der Waals surface area contributed by atoms with Crippen molar-refractivity contribution in [2.24, 2.45) is 10.7 Å². The van der Waals surface area contributed by atoms with E-state index in [9.17, 15) is 0 Å². The number of nitrogens with one attached hydrogen (secondary N) is 1. The molecule has 1 aromatic heterocycles. The maximum atomic E-state index is 6.07. The molecule has 27 heavy (non-hydrogen) atoms. The normalized spacial score (nSPS) is 20.4. The number of fused-ring (bicyclic) bond motifs is 4. The highest BCUT2D eigenvalue weighted by Gasteiger charge is 2.30. The summed E-state index contributed by atoms with van der Waals surface area (Å²) in [5.74, 6) is 2.70. The summed E-state index contributed by atoms with van der Waals surface area (Å²) in [6.45, 7) is 4.63. The molecule has 2 aliphatic heterocycles. The minimum absolute atomic E-state index is 0.163. The van der Waals surface area contributed by atoms with Crippen LogP contribution in [0, 0.1) is 0 Å². The van der Waals surface area contributed by atoms with Gasteiger partial charge in [0.05, 0.1) is 17.6 Å². The van der Waals surface area contributed by atoms with Crippen LogP contribution >= 0.6 is 0 Å². The third kappa shape index (κ3) is 2.50. The number of nitrogens with two attached hydrogens (primary N) is 1. The molecule has 5 rings (SSSR count). The van der Waals surface area contributed by atoms with Gasteiger partial charge in [-0.05, 0) is 38.1 Å². The number of hydrogen-bond acceptors (Lipinski definition) is 6. The monoisotopic (exact) mass is 363 g/mol. The van der Waals surface area contributed by atoms with E-state index in [0.29, 0.717) is 18.5 Å². The Kier molecular flexibility index (Phi) is 3.50. The molecule has 2 aromatic carbocycles. The molecule has 0 saturated heterocycles. The fourth-order valence-electron chi connectivity index (χ4n) is 3.86. The Labute approximate surface area is 156 Å². The predicted molar refractivity (Wildman–Crippen MR) is 105 cm³/mol. The van der Waals surface area contributed by atoms with E-state index in [4.69, 9.17) is 15.2 Å². The number of nitrogens with zero attached hydrogens (tertiary/aromatic N) is 3. The third-order valence-electron chi connectivity index (χ3n) is 4.95. The molecule has 2 atom stereocenters. The van der Waals surface area contributed by atoms with Crippen molar-refractivity contribution in [3.63, 3.8) is 0 Å². The average Bonchev–Trinajstić information content (AvgIpc) is 3.19. The first kappa shape index (κ1) is 16.0. The molecule has 3 heterocycles. The average molecular weight is 363 g/mol. The van der Waals surface area contributed by atoms with Gasteiger partial charge in [-0.2, -0.15) is 0 Å². The zero-order valence-corrected chi connectivity index (χ0v) is 15.3. The van der Waals surface area contributed by atoms with Crippen molar-refractivity contribution in [1.82, 2.24) is 9.55 Å². The number of guanidine groups is 1. The fourth-order valence-corrected chi connectivity index (χ4v) is 3.86. The fraction of sp³-hybridized carbons (Fsp3) is 0.300. The molecule has 0 amide bonds. The van der Waals surface area contributed by atoms with Crippen molar-refractivity contribution in [2.75, 3.05) is 11.9 Å². The van der Waals surface area contributed by atoms with Crippen molar-refractivity contribution in [2.45, 2.75) is 32.5 Å². The molecule has 0 radical (unpaired) electrons. The molecule has 0 fully saturated rings. The summed E-state index contributed by atoms with van der Waals surface area (Å²) >= 11 is 0. The third-order valence-corrected chi connectivity index (χ3v) is 4.95. The van der Waals surface area contributed by atoms with E-state index in [2.05, 4.69) is 28.3 Å². The lowest BCUT2D eigenvalue weighted by molar-refractivity contribution is 0.254. The van der Waals surface area contributed by atoms with Crippen molar-refractivity contribution < 1.29 is 9.47 Å². The van der Waals surface area contributed by atoms with Crippen LogP contribution in [-0.4, -0.2) is 28.2 Å². The first-order valence-corrected chi connectivity index (χ1v) is 9.17. The standard InChI is InChI=1S/C20H21N5O2/c1-3-26-17-9-12-8-11(2)27-16(12)10-13(17)18-23-19(21)24-20-22-14-6-4-5-7-15(14)25(18)20/h4-7,9-11,18H,3,8H2,1-2H3,(H3,21,22,23,24)/t11-,18-/m0/s1. The minimum Gasteiger partial charge on any atom is -0.493 e. The molecule has 3 N–H and O–H groups in total. The number of ether oxygens (including phenoxy) is 2. The summed E-state index contributed by atoms with van der Waals surface area (Å²) in [6, 6.07) is 12.1. The van der Waals surface area contributed by atoms with Crippen LogP contribution in [0.15, 0.2) is 41.4 Å². The molecule has 0 bridgehead atoms. The number of rotatable bonds is 3. The summed E-state index contributed by atoms with van der Waals surface area (Å²) in [7, 11) is 0. The van der Waals surface area contributed by atoms with Gasteiger partial charge in [-0.1, -0.05) is 12.1 Å². The van der Waals surface area contributed by atoms with Gasteiger partial charge in [0.1, 0.15) is 17.6 Å². The number of aromatic nitrogens is 2. The second-order valence-electron chi connectivity index (χ2n) is 6.87. The lowest BCUT2D eigenvalue weighted by atomic mass is 10.0. The second-order valence-corrected chi connectivity index (χ2v) is 6.87. The van der Waals surface area contributed by atoms with Gasteiger partial charge in [0.2, 0.25) is 5.95 Å². The van der Waals surface area contributed by atoms with Crippen LogP contribution in [0.2, 0.25) is 0 Å². The van der Waals surface area contributed by atoms with Gasteiger partial charge in [-0.25, -0.2) is 9.98 Å². The highest BCUT2D eigenvalue weighted by atomic mass is 16.5. The highest BCUT2D eigenvalue weighted by molar-refractivity contribution is 5.94. The van der Waals surface area contributed by atoms with Crippen LogP contribution in [0.3, 0.4) is 0 Å². The van der Waals surface area contributed by atoms with Crippen LogP contribution in [0.1, 0.15) is 31.1 Å². The number of benzene rings is 2. The van der Waals surface area contributed by atoms with E-state index in [-0.39, 0.29) is 12.3 Å². The van der Waals surface area contributed by atoms with Crippen molar-refractivity contribution in [1.29, 1.82) is 0 Å². The minimum atomic E-state index is -0.375. The SMILES string of the molecule is CCOc1cc2c(cc1[C@H]1N=C(N)Nc3nc4ccccc4n31)O[C@@H](C)C2. The first-order chi connectivity index (χ1) is 13.1. The largest absolute Gasteiger partial charge is 0.493 e. The van der Waals surface area contributed by atoms with E-state index in [1.165, 1.54) is 0 Å². The molecule has 0 saturated carbocycles. The lowest BCUT2D eigenvalue weighted by Crippen LogP contribution is -2.31. The van der Waals surface area contributed by atoms with Crippen molar-refractivity contribution in [3.05, 3.63) is 47.5 Å². The summed E-state index contributed by atoms with van der Waals surface area (Å²) < 4.78 is 14.0. The molecule has 7 heteroatoms. The van der Waals surface area contributed by atoms with Gasteiger partial charge < -0.3 is 15.2 Å². The van der Waals surface area contributed by atoms with Gasteiger partial charge in [0.15, 0.2) is 12.1 Å². The molecule has 3 aromatic rings. The first-order valence-electron chi connectivity index (χ1n) is 9.17. The number of hydrogen-bond donors (Lipinski definition) is 2. The number of imidazole rings is 1. The smallest absolute Gasteiger partial charge is 0.212 e. The van der Waals surface area contributed by atoms with Crippen LogP contribution in [0.5, 0.6) is 11.5 Å². The topological polar surface area (TPSA) is 86.7 Å². The number of anilines is 1. The second kappa shape index (κ2) is 5.90. The van der Waals surface area contributed by atoms with Crippen LogP contribution in [0.4, 0.5) is 5.95 Å². The zero-order chi connectivity index (χ0) is 18.5. The zero-order valence-electron chi connectivity index (χ0n) is 15.3. The molecule has 7 nitrogen and oxygen atoms in total. The van der Waals surface area contributed by atoms with E-state index in [1.807, 2.05) is 41.8 Å². The molecule has 2 aliphatic rings. The van der Waals surface area contributed by atoms with E-state index >= 15 is 0 Å². The maximum Gasteiger partial charge on any atom is 0.212 e. The van der Waals surface area contributed by atoms with Gasteiger partial charge >= 0.3 is 0 Å². The number of para-hydroxylation sites is 2. The van der Waals surface area contributed by atoms with Crippen molar-refractivity contribution >= 4 is 22.9 Å². The summed E-state index contributed by atoms with van der Waals surface area (Å²) in [6.07, 6.45) is 0.669. The predicted octanol–water partition coefficient (Wildman–Crippen LogP) is 3.05. The Bertz CT molecular complexity index is 1070. The molecular weight excluding hydrogens is 342 g/mol.